The minimum absolute atomic E-state index is 0.00839. The van der Waals surface area contributed by atoms with E-state index in [1.165, 1.54) is 18.3 Å². The highest BCUT2D eigenvalue weighted by molar-refractivity contribution is 7.15. The maximum absolute atomic E-state index is 12.7. The number of hydrogen-bond donors (Lipinski definition) is 2. The van der Waals surface area contributed by atoms with Crippen molar-refractivity contribution in [2.24, 2.45) is 5.92 Å². The highest BCUT2D eigenvalue weighted by atomic mass is 32.1. The van der Waals surface area contributed by atoms with Crippen LogP contribution in [0.5, 0.6) is 0 Å². The number of nitrogens with zero attached hydrogens (tertiary/aromatic N) is 3. The lowest BCUT2D eigenvalue weighted by molar-refractivity contribution is -0.119. The van der Waals surface area contributed by atoms with Gasteiger partial charge in [0.15, 0.2) is 5.13 Å². The number of carbonyl (C=O) groups excluding carboxylic acids is 2. The Morgan fingerprint density at radius 1 is 1.35 bits per heavy atom. The van der Waals surface area contributed by atoms with Crippen LogP contribution in [0.2, 0.25) is 0 Å². The molecule has 3 heterocycles. The van der Waals surface area contributed by atoms with Gasteiger partial charge in [-0.05, 0) is 24.2 Å². The summed E-state index contributed by atoms with van der Waals surface area (Å²) in [5.74, 6) is 0.115. The second kappa shape index (κ2) is 7.19. The van der Waals surface area contributed by atoms with Crippen LogP contribution in [-0.4, -0.2) is 33.1 Å². The van der Waals surface area contributed by atoms with Gasteiger partial charge in [-0.15, -0.1) is 11.3 Å². The van der Waals surface area contributed by atoms with Crippen LogP contribution >= 0.6 is 11.3 Å². The molecule has 2 aromatic heterocycles. The summed E-state index contributed by atoms with van der Waals surface area (Å²) in [5.41, 5.74) is 1.52. The predicted molar refractivity (Wildman–Crippen MR) is 101 cm³/mol. The van der Waals surface area contributed by atoms with Crippen molar-refractivity contribution in [1.29, 1.82) is 0 Å². The van der Waals surface area contributed by atoms with Gasteiger partial charge in [-0.2, -0.15) is 5.10 Å². The number of thiazole rings is 1. The first-order valence-electron chi connectivity index (χ1n) is 8.81. The van der Waals surface area contributed by atoms with Gasteiger partial charge in [0.1, 0.15) is 0 Å². The minimum Gasteiger partial charge on any atom is -0.356 e. The van der Waals surface area contributed by atoms with E-state index in [1.54, 1.807) is 6.20 Å². The van der Waals surface area contributed by atoms with Crippen molar-refractivity contribution in [1.82, 2.24) is 20.1 Å². The molecule has 0 bridgehead atoms. The lowest BCUT2D eigenvalue weighted by Gasteiger charge is -2.24. The summed E-state index contributed by atoms with van der Waals surface area (Å²) in [6, 6.07) is 0. The van der Waals surface area contributed by atoms with Crippen LogP contribution in [0.15, 0.2) is 12.4 Å². The zero-order valence-electron chi connectivity index (χ0n) is 15.6. The lowest BCUT2D eigenvalue weighted by Crippen LogP contribution is -2.32. The Labute approximate surface area is 157 Å². The van der Waals surface area contributed by atoms with Crippen LogP contribution in [0.4, 0.5) is 5.13 Å². The molecule has 26 heavy (non-hydrogen) atoms. The molecule has 0 spiro atoms. The Morgan fingerprint density at radius 2 is 2.12 bits per heavy atom. The Morgan fingerprint density at radius 3 is 2.77 bits per heavy atom. The maximum Gasteiger partial charge on any atom is 0.260 e. The van der Waals surface area contributed by atoms with Crippen LogP contribution < -0.4 is 10.6 Å². The highest BCUT2D eigenvalue weighted by Gasteiger charge is 2.26. The van der Waals surface area contributed by atoms with E-state index in [4.69, 9.17) is 0 Å². The van der Waals surface area contributed by atoms with Crippen molar-refractivity contribution in [3.8, 4) is 0 Å². The number of fused-ring (bicyclic) bond motifs is 1. The number of amides is 2. The van der Waals surface area contributed by atoms with Gasteiger partial charge in [-0.3, -0.25) is 19.6 Å². The van der Waals surface area contributed by atoms with E-state index < -0.39 is 0 Å². The molecule has 2 aromatic rings. The zero-order valence-corrected chi connectivity index (χ0v) is 16.4. The van der Waals surface area contributed by atoms with Crippen LogP contribution in [0.25, 0.3) is 0 Å². The van der Waals surface area contributed by atoms with E-state index in [2.05, 4.69) is 41.5 Å². The third-order valence-corrected chi connectivity index (χ3v) is 5.87. The molecule has 1 aliphatic rings. The van der Waals surface area contributed by atoms with Crippen molar-refractivity contribution in [3.63, 3.8) is 0 Å². The Balaban J connectivity index is 1.71. The molecule has 140 valence electrons. The smallest absolute Gasteiger partial charge is 0.260 e. The molecule has 0 saturated heterocycles. The molecule has 0 aliphatic carbocycles. The molecular formula is C18H25N5O2S. The minimum atomic E-state index is -0.179. The summed E-state index contributed by atoms with van der Waals surface area (Å²) in [6.07, 6.45) is 5.12. The van der Waals surface area contributed by atoms with E-state index >= 15 is 0 Å². The summed E-state index contributed by atoms with van der Waals surface area (Å²) in [6.45, 7) is 9.27. The molecule has 0 aromatic carbocycles. The quantitative estimate of drug-likeness (QED) is 0.860. The van der Waals surface area contributed by atoms with Crippen molar-refractivity contribution in [3.05, 3.63) is 28.5 Å². The van der Waals surface area contributed by atoms with Gasteiger partial charge in [-0.1, -0.05) is 20.8 Å². The van der Waals surface area contributed by atoms with Gasteiger partial charge in [0.25, 0.3) is 5.91 Å². The molecular weight excluding hydrogens is 350 g/mol. The first kappa shape index (κ1) is 18.6. The van der Waals surface area contributed by atoms with Crippen molar-refractivity contribution in [2.75, 3.05) is 11.9 Å². The Kier molecular flexibility index (Phi) is 5.13. The van der Waals surface area contributed by atoms with E-state index in [-0.39, 0.29) is 17.2 Å². The molecule has 3 rings (SSSR count). The molecule has 1 aliphatic heterocycles. The number of aryl methyl sites for hydroxylation is 1. The SMILES string of the molecule is CC(=O)NCC1CCn2ncc(C(=O)Nc3ncc(C(C)(C)C)s3)c2C1. The highest BCUT2D eigenvalue weighted by Crippen LogP contribution is 2.30. The first-order chi connectivity index (χ1) is 12.2. The van der Waals surface area contributed by atoms with Crippen LogP contribution in [0.1, 0.15) is 55.0 Å². The standard InChI is InChI=1S/C18H25N5O2S/c1-11(24)19-8-12-5-6-23-14(7-12)13(9-21-23)16(25)22-17-20-10-15(26-17)18(2,3)4/h9-10,12H,5-8H2,1-4H3,(H,19,24)(H,20,22,25). The monoisotopic (exact) mass is 375 g/mol. The van der Waals surface area contributed by atoms with Crippen LogP contribution in [-0.2, 0) is 23.2 Å². The van der Waals surface area contributed by atoms with Crippen molar-refractivity contribution in [2.45, 2.75) is 52.5 Å². The van der Waals surface area contributed by atoms with Gasteiger partial charge < -0.3 is 5.32 Å². The molecule has 1 unspecified atom stereocenters. The molecule has 0 fully saturated rings. The molecule has 2 N–H and O–H groups in total. The fraction of sp³-hybridized carbons (Fsp3) is 0.556. The summed E-state index contributed by atoms with van der Waals surface area (Å²) >= 11 is 1.50. The first-order valence-corrected chi connectivity index (χ1v) is 9.62. The third kappa shape index (κ3) is 4.12. The summed E-state index contributed by atoms with van der Waals surface area (Å²) in [5, 5.41) is 10.7. The second-order valence-corrected chi connectivity index (χ2v) is 8.79. The lowest BCUT2D eigenvalue weighted by atomic mass is 9.94. The number of aromatic nitrogens is 3. The molecule has 8 heteroatoms. The van der Waals surface area contributed by atoms with Gasteiger partial charge in [0.2, 0.25) is 5.91 Å². The second-order valence-electron chi connectivity index (χ2n) is 7.76. The average molecular weight is 375 g/mol. The van der Waals surface area contributed by atoms with Crippen molar-refractivity contribution < 1.29 is 9.59 Å². The number of hydrogen-bond acceptors (Lipinski definition) is 5. The van der Waals surface area contributed by atoms with E-state index in [1.807, 2.05) is 10.9 Å². The summed E-state index contributed by atoms with van der Waals surface area (Å²) < 4.78 is 1.89. The number of anilines is 1. The fourth-order valence-electron chi connectivity index (χ4n) is 2.99. The van der Waals surface area contributed by atoms with Crippen molar-refractivity contribution >= 4 is 28.3 Å². The van der Waals surface area contributed by atoms with Crippen LogP contribution in [0, 0.1) is 5.92 Å². The fourth-order valence-corrected chi connectivity index (χ4v) is 3.86. The number of nitrogens with one attached hydrogen (secondary N) is 2. The third-order valence-electron chi connectivity index (χ3n) is 4.53. The largest absolute Gasteiger partial charge is 0.356 e. The summed E-state index contributed by atoms with van der Waals surface area (Å²) in [4.78, 5) is 29.3. The number of rotatable bonds is 4. The molecule has 0 saturated carbocycles. The van der Waals surface area contributed by atoms with E-state index in [9.17, 15) is 9.59 Å². The molecule has 0 radical (unpaired) electrons. The van der Waals surface area contributed by atoms with E-state index in [0.717, 1.165) is 30.0 Å². The van der Waals surface area contributed by atoms with Gasteiger partial charge >= 0.3 is 0 Å². The molecule has 1 atom stereocenters. The van der Waals surface area contributed by atoms with Gasteiger partial charge in [0.05, 0.1) is 17.5 Å². The topological polar surface area (TPSA) is 88.9 Å². The van der Waals surface area contributed by atoms with Gasteiger partial charge in [0, 0.05) is 31.1 Å². The average Bonchev–Trinajstić information content (AvgIpc) is 3.18. The molecule has 7 nitrogen and oxygen atoms in total. The molecule has 2 amide bonds. The van der Waals surface area contributed by atoms with Crippen LogP contribution in [0.3, 0.4) is 0 Å². The normalized spacial score (nSPS) is 16.8. The Bertz CT molecular complexity index is 818. The summed E-state index contributed by atoms with van der Waals surface area (Å²) in [7, 11) is 0. The Hall–Kier alpha value is -2.22. The maximum atomic E-state index is 12.7. The van der Waals surface area contributed by atoms with E-state index in [0.29, 0.717) is 23.2 Å². The van der Waals surface area contributed by atoms with Gasteiger partial charge in [-0.25, -0.2) is 4.98 Å². The number of carbonyl (C=O) groups is 2. The zero-order chi connectivity index (χ0) is 18.9. The predicted octanol–water partition coefficient (Wildman–Crippen LogP) is 2.59.